The highest BCUT2D eigenvalue weighted by Crippen LogP contribution is 2.32. The van der Waals surface area contributed by atoms with Gasteiger partial charge in [0.1, 0.15) is 0 Å². The van der Waals surface area contributed by atoms with Crippen LogP contribution in [0.5, 0.6) is 0 Å². The van der Waals surface area contributed by atoms with Crippen molar-refractivity contribution in [3.8, 4) is 11.8 Å². The van der Waals surface area contributed by atoms with Crippen LogP contribution in [0.25, 0.3) is 27.5 Å². The summed E-state index contributed by atoms with van der Waals surface area (Å²) in [5, 5.41) is 19.2. The lowest BCUT2D eigenvalue weighted by Crippen LogP contribution is -1.96. The highest BCUT2D eigenvalue weighted by Gasteiger charge is 2.12. The third kappa shape index (κ3) is 2.01. The summed E-state index contributed by atoms with van der Waals surface area (Å²) in [5.74, 6) is 0. The van der Waals surface area contributed by atoms with Crippen LogP contribution in [0.15, 0.2) is 66.7 Å². The summed E-state index contributed by atoms with van der Waals surface area (Å²) in [6, 6.07) is 24.2. The number of nitrogens with one attached hydrogen (secondary N) is 1. The molecular weight excluding hydrogens is 282 g/mol. The molecule has 3 aromatic carbocycles. The van der Waals surface area contributed by atoms with Gasteiger partial charge in [-0.15, -0.1) is 0 Å². The first-order valence-electron chi connectivity index (χ1n) is 7.36. The largest absolute Gasteiger partial charge is 0.309 e. The third-order valence-corrected chi connectivity index (χ3v) is 4.07. The number of fused-ring (bicyclic) bond motifs is 3. The van der Waals surface area contributed by atoms with E-state index in [1.165, 1.54) is 17.0 Å². The summed E-state index contributed by atoms with van der Waals surface area (Å²) in [6.07, 6.45) is 1.28. The maximum atomic E-state index is 9.27. The zero-order chi connectivity index (χ0) is 15.8. The van der Waals surface area contributed by atoms with Crippen LogP contribution in [-0.2, 0) is 0 Å². The lowest BCUT2D eigenvalue weighted by atomic mass is 10.1. The van der Waals surface area contributed by atoms with Crippen molar-refractivity contribution >= 4 is 28.0 Å². The van der Waals surface area contributed by atoms with E-state index in [4.69, 9.17) is 5.41 Å². The van der Waals surface area contributed by atoms with Crippen molar-refractivity contribution in [1.82, 2.24) is 4.57 Å². The minimum Gasteiger partial charge on any atom is -0.309 e. The van der Waals surface area contributed by atoms with Crippen molar-refractivity contribution in [3.63, 3.8) is 0 Å². The maximum Gasteiger partial charge on any atom is 0.0992 e. The summed E-state index contributed by atoms with van der Waals surface area (Å²) in [5.41, 5.74) is 4.38. The molecule has 0 amide bonds. The van der Waals surface area contributed by atoms with E-state index in [0.717, 1.165) is 22.3 Å². The number of benzene rings is 3. The van der Waals surface area contributed by atoms with E-state index in [9.17, 15) is 5.26 Å². The predicted octanol–water partition coefficient (Wildman–Crippen LogP) is 4.65. The molecule has 0 atom stereocenters. The van der Waals surface area contributed by atoms with Gasteiger partial charge in [0.15, 0.2) is 0 Å². The van der Waals surface area contributed by atoms with Crippen LogP contribution in [0.4, 0.5) is 0 Å². The summed E-state index contributed by atoms with van der Waals surface area (Å²) in [4.78, 5) is 0. The molecule has 0 radical (unpaired) electrons. The van der Waals surface area contributed by atoms with Gasteiger partial charge >= 0.3 is 0 Å². The van der Waals surface area contributed by atoms with Crippen molar-refractivity contribution in [1.29, 1.82) is 10.7 Å². The second-order valence-electron chi connectivity index (χ2n) is 5.44. The molecule has 108 valence electrons. The molecule has 0 saturated carbocycles. The van der Waals surface area contributed by atoms with E-state index in [2.05, 4.69) is 34.9 Å². The topological polar surface area (TPSA) is 52.6 Å². The van der Waals surface area contributed by atoms with Crippen LogP contribution in [0, 0.1) is 16.7 Å². The Balaban J connectivity index is 2.17. The Bertz CT molecular complexity index is 1040. The first-order chi connectivity index (χ1) is 11.3. The Labute approximate surface area is 133 Å². The average molecular weight is 295 g/mol. The minimum atomic E-state index is 0.558. The minimum absolute atomic E-state index is 0.558. The molecule has 0 aliphatic heterocycles. The molecule has 0 spiro atoms. The van der Waals surface area contributed by atoms with E-state index in [1.807, 2.05) is 36.4 Å². The maximum absolute atomic E-state index is 9.27. The second-order valence-corrected chi connectivity index (χ2v) is 5.44. The lowest BCUT2D eigenvalue weighted by molar-refractivity contribution is 1.17. The van der Waals surface area contributed by atoms with Crippen molar-refractivity contribution in [3.05, 3.63) is 77.9 Å². The van der Waals surface area contributed by atoms with Crippen LogP contribution in [0.3, 0.4) is 0 Å². The Kier molecular flexibility index (Phi) is 2.96. The molecule has 23 heavy (non-hydrogen) atoms. The highest BCUT2D eigenvalue weighted by molar-refractivity contribution is 6.09. The Morgan fingerprint density at radius 2 is 1.48 bits per heavy atom. The van der Waals surface area contributed by atoms with Gasteiger partial charge in [-0.1, -0.05) is 36.4 Å². The summed E-state index contributed by atoms with van der Waals surface area (Å²) in [6.45, 7) is 0. The van der Waals surface area contributed by atoms with Gasteiger partial charge < -0.3 is 9.98 Å². The number of hydrogen-bond acceptors (Lipinski definition) is 2. The molecule has 4 aromatic rings. The van der Waals surface area contributed by atoms with Gasteiger partial charge in [0.05, 0.1) is 22.7 Å². The van der Waals surface area contributed by atoms with Crippen LogP contribution in [0.2, 0.25) is 0 Å². The van der Waals surface area contributed by atoms with Gasteiger partial charge in [0, 0.05) is 22.7 Å². The Morgan fingerprint density at radius 3 is 2.04 bits per heavy atom. The van der Waals surface area contributed by atoms with Crippen LogP contribution in [-0.4, -0.2) is 10.8 Å². The number of rotatable bonds is 2. The SMILES string of the molecule is N#Cc1cc(C=N)cc(-n2c3ccccc3c3ccccc32)c1. The van der Waals surface area contributed by atoms with Crippen molar-refractivity contribution in [2.45, 2.75) is 0 Å². The van der Waals surface area contributed by atoms with Gasteiger partial charge in [-0.25, -0.2) is 0 Å². The molecule has 0 unspecified atom stereocenters. The molecule has 3 heteroatoms. The van der Waals surface area contributed by atoms with Crippen LogP contribution < -0.4 is 0 Å². The molecule has 0 aliphatic rings. The summed E-state index contributed by atoms with van der Waals surface area (Å²) in [7, 11) is 0. The summed E-state index contributed by atoms with van der Waals surface area (Å²) < 4.78 is 2.15. The zero-order valence-electron chi connectivity index (χ0n) is 12.3. The molecule has 1 N–H and O–H groups in total. The number of nitriles is 1. The molecule has 1 aromatic heterocycles. The number of aromatic nitrogens is 1. The molecule has 0 saturated heterocycles. The quantitative estimate of drug-likeness (QED) is 0.537. The lowest BCUT2D eigenvalue weighted by Gasteiger charge is -2.09. The Morgan fingerprint density at radius 1 is 0.870 bits per heavy atom. The van der Waals surface area contributed by atoms with Crippen molar-refractivity contribution < 1.29 is 0 Å². The molecular formula is C20H13N3. The molecule has 3 nitrogen and oxygen atoms in total. The monoisotopic (exact) mass is 295 g/mol. The molecule has 4 rings (SSSR count). The third-order valence-electron chi connectivity index (χ3n) is 4.07. The molecule has 1 heterocycles. The second kappa shape index (κ2) is 5.11. The zero-order valence-corrected chi connectivity index (χ0v) is 12.3. The van der Waals surface area contributed by atoms with Gasteiger partial charge in [-0.3, -0.25) is 0 Å². The normalized spacial score (nSPS) is 10.7. The highest BCUT2D eigenvalue weighted by atomic mass is 15.0. The molecule has 0 aliphatic carbocycles. The predicted molar refractivity (Wildman–Crippen MR) is 93.4 cm³/mol. The Hall–Kier alpha value is -3.38. The average Bonchev–Trinajstić information content (AvgIpc) is 2.96. The first-order valence-corrected chi connectivity index (χ1v) is 7.36. The van der Waals surface area contributed by atoms with Crippen molar-refractivity contribution in [2.24, 2.45) is 0 Å². The standard InChI is InChI=1S/C20H13N3/c21-12-14-9-15(13-22)11-16(10-14)23-19-7-3-1-5-17(19)18-6-2-4-8-20(18)23/h1-12,21H. The summed E-state index contributed by atoms with van der Waals surface area (Å²) >= 11 is 0. The van der Waals surface area contributed by atoms with Gasteiger partial charge in [-0.2, -0.15) is 5.26 Å². The van der Waals surface area contributed by atoms with Crippen LogP contribution >= 0.6 is 0 Å². The van der Waals surface area contributed by atoms with E-state index in [1.54, 1.807) is 6.07 Å². The van der Waals surface area contributed by atoms with Gasteiger partial charge in [0.25, 0.3) is 0 Å². The van der Waals surface area contributed by atoms with E-state index in [-0.39, 0.29) is 0 Å². The number of hydrogen-bond donors (Lipinski definition) is 1. The van der Waals surface area contributed by atoms with E-state index < -0.39 is 0 Å². The van der Waals surface area contributed by atoms with Gasteiger partial charge in [0.2, 0.25) is 0 Å². The number of para-hydroxylation sites is 2. The fourth-order valence-corrected chi connectivity index (χ4v) is 3.11. The van der Waals surface area contributed by atoms with Crippen LogP contribution in [0.1, 0.15) is 11.1 Å². The first kappa shape index (κ1) is 13.3. The fourth-order valence-electron chi connectivity index (χ4n) is 3.11. The smallest absolute Gasteiger partial charge is 0.0992 e. The number of nitrogens with zero attached hydrogens (tertiary/aromatic N) is 2. The molecule has 0 fully saturated rings. The van der Waals surface area contributed by atoms with E-state index >= 15 is 0 Å². The van der Waals surface area contributed by atoms with Crippen molar-refractivity contribution in [2.75, 3.05) is 0 Å². The van der Waals surface area contributed by atoms with E-state index in [0.29, 0.717) is 5.56 Å². The molecule has 0 bridgehead atoms. The van der Waals surface area contributed by atoms with Gasteiger partial charge in [-0.05, 0) is 35.9 Å². The fraction of sp³-hybridized carbons (Fsp3) is 0.